The van der Waals surface area contributed by atoms with Crippen LogP contribution in [0.3, 0.4) is 0 Å². The van der Waals surface area contributed by atoms with Gasteiger partial charge in [0.15, 0.2) is 0 Å². The average molecular weight is 197 g/mol. The Morgan fingerprint density at radius 2 is 1.43 bits per heavy atom. The maximum atomic E-state index is 3.26. The first-order chi connectivity index (χ1) is 6.74. The standard InChI is InChI=1S/C11H23N3/c1-12-14-9-5-11(6-10-14)3-7-13(2)8-4-11/h12H,3-10H2,1-2H3. The van der Waals surface area contributed by atoms with Crippen LogP contribution in [0.4, 0.5) is 0 Å². The van der Waals surface area contributed by atoms with Crippen molar-refractivity contribution in [3.63, 3.8) is 0 Å². The predicted molar refractivity (Wildman–Crippen MR) is 59.0 cm³/mol. The number of likely N-dealkylation sites (tertiary alicyclic amines) is 1. The van der Waals surface area contributed by atoms with Crippen molar-refractivity contribution < 1.29 is 0 Å². The number of hydrazine groups is 1. The number of rotatable bonds is 1. The Balaban J connectivity index is 1.86. The molecule has 2 aliphatic rings. The van der Waals surface area contributed by atoms with Gasteiger partial charge in [0.1, 0.15) is 0 Å². The molecule has 0 amide bonds. The molecular weight excluding hydrogens is 174 g/mol. The van der Waals surface area contributed by atoms with Gasteiger partial charge in [0, 0.05) is 13.1 Å². The Kier molecular flexibility index (Phi) is 3.10. The highest BCUT2D eigenvalue weighted by Crippen LogP contribution is 2.40. The molecule has 82 valence electrons. The van der Waals surface area contributed by atoms with Gasteiger partial charge in [-0.05, 0) is 58.3 Å². The van der Waals surface area contributed by atoms with Crippen LogP contribution in [0, 0.1) is 5.41 Å². The second kappa shape index (κ2) is 4.17. The van der Waals surface area contributed by atoms with E-state index in [4.69, 9.17) is 0 Å². The van der Waals surface area contributed by atoms with Crippen LogP contribution in [-0.4, -0.2) is 50.2 Å². The van der Waals surface area contributed by atoms with E-state index in [0.717, 1.165) is 0 Å². The van der Waals surface area contributed by atoms with Crippen molar-refractivity contribution >= 4 is 0 Å². The third-order valence-corrected chi connectivity index (χ3v) is 4.19. The SMILES string of the molecule is CNN1CCC2(CCN(C)CC2)CC1. The largest absolute Gasteiger partial charge is 0.306 e. The summed E-state index contributed by atoms with van der Waals surface area (Å²) >= 11 is 0. The fourth-order valence-electron chi connectivity index (χ4n) is 2.80. The van der Waals surface area contributed by atoms with Crippen LogP contribution in [0.2, 0.25) is 0 Å². The molecule has 0 bridgehead atoms. The monoisotopic (exact) mass is 197 g/mol. The first-order valence-corrected chi connectivity index (χ1v) is 5.85. The van der Waals surface area contributed by atoms with E-state index in [9.17, 15) is 0 Å². The number of piperidine rings is 2. The summed E-state index contributed by atoms with van der Waals surface area (Å²) in [6.07, 6.45) is 5.62. The van der Waals surface area contributed by atoms with Gasteiger partial charge >= 0.3 is 0 Å². The summed E-state index contributed by atoms with van der Waals surface area (Å²) in [5.41, 5.74) is 3.95. The topological polar surface area (TPSA) is 18.5 Å². The summed E-state index contributed by atoms with van der Waals surface area (Å²) < 4.78 is 0. The summed E-state index contributed by atoms with van der Waals surface area (Å²) in [7, 11) is 4.28. The molecule has 0 aliphatic carbocycles. The Labute approximate surface area is 87.4 Å². The molecule has 0 unspecified atom stereocenters. The molecule has 2 saturated heterocycles. The normalized spacial score (nSPS) is 29.6. The maximum absolute atomic E-state index is 3.26. The minimum absolute atomic E-state index is 0.694. The molecule has 1 N–H and O–H groups in total. The lowest BCUT2D eigenvalue weighted by Gasteiger charge is -2.46. The average Bonchev–Trinajstić information content (AvgIpc) is 2.24. The van der Waals surface area contributed by atoms with Crippen molar-refractivity contribution in [2.24, 2.45) is 5.41 Å². The summed E-state index contributed by atoms with van der Waals surface area (Å²) in [5, 5.41) is 2.35. The molecule has 0 saturated carbocycles. The zero-order chi connectivity index (χ0) is 10.0. The van der Waals surface area contributed by atoms with Crippen LogP contribution in [0.25, 0.3) is 0 Å². The molecule has 0 radical (unpaired) electrons. The first-order valence-electron chi connectivity index (χ1n) is 5.85. The molecule has 3 nitrogen and oxygen atoms in total. The highest BCUT2D eigenvalue weighted by molar-refractivity contribution is 4.89. The lowest BCUT2D eigenvalue weighted by atomic mass is 9.71. The lowest BCUT2D eigenvalue weighted by molar-refractivity contribution is 0.0265. The summed E-state index contributed by atoms with van der Waals surface area (Å²) in [6, 6.07) is 0. The predicted octanol–water partition coefficient (Wildman–Crippen LogP) is 0.929. The quantitative estimate of drug-likeness (QED) is 0.674. The fourth-order valence-corrected chi connectivity index (χ4v) is 2.80. The molecular formula is C11H23N3. The second-order valence-electron chi connectivity index (χ2n) is 5.01. The van der Waals surface area contributed by atoms with E-state index >= 15 is 0 Å². The van der Waals surface area contributed by atoms with Crippen molar-refractivity contribution in [3.8, 4) is 0 Å². The van der Waals surface area contributed by atoms with E-state index in [1.165, 1.54) is 51.9 Å². The van der Waals surface area contributed by atoms with Gasteiger partial charge in [0.2, 0.25) is 0 Å². The van der Waals surface area contributed by atoms with Crippen molar-refractivity contribution in [3.05, 3.63) is 0 Å². The van der Waals surface area contributed by atoms with Crippen LogP contribution in [-0.2, 0) is 0 Å². The molecule has 0 aromatic heterocycles. The molecule has 2 rings (SSSR count). The van der Waals surface area contributed by atoms with Crippen LogP contribution in [0.15, 0.2) is 0 Å². The van der Waals surface area contributed by atoms with E-state index in [0.29, 0.717) is 5.41 Å². The Morgan fingerprint density at radius 3 is 1.93 bits per heavy atom. The van der Waals surface area contributed by atoms with E-state index in [1.54, 1.807) is 0 Å². The summed E-state index contributed by atoms with van der Waals surface area (Å²) in [6.45, 7) is 5.08. The Morgan fingerprint density at radius 1 is 0.929 bits per heavy atom. The van der Waals surface area contributed by atoms with Gasteiger partial charge in [-0.2, -0.15) is 0 Å². The fraction of sp³-hybridized carbons (Fsp3) is 1.00. The van der Waals surface area contributed by atoms with E-state index in [1.807, 2.05) is 7.05 Å². The lowest BCUT2D eigenvalue weighted by Crippen LogP contribution is -2.49. The number of nitrogens with zero attached hydrogens (tertiary/aromatic N) is 2. The smallest absolute Gasteiger partial charge is 0.0136 e. The third-order valence-electron chi connectivity index (χ3n) is 4.19. The Bertz CT molecular complexity index is 175. The zero-order valence-corrected chi connectivity index (χ0v) is 9.55. The second-order valence-corrected chi connectivity index (χ2v) is 5.01. The van der Waals surface area contributed by atoms with Crippen molar-refractivity contribution in [1.29, 1.82) is 0 Å². The van der Waals surface area contributed by atoms with Crippen molar-refractivity contribution in [2.75, 3.05) is 40.3 Å². The van der Waals surface area contributed by atoms with E-state index < -0.39 is 0 Å². The Hall–Kier alpha value is -0.120. The highest BCUT2D eigenvalue weighted by Gasteiger charge is 2.36. The van der Waals surface area contributed by atoms with Crippen LogP contribution in [0.5, 0.6) is 0 Å². The van der Waals surface area contributed by atoms with E-state index in [2.05, 4.69) is 22.4 Å². The van der Waals surface area contributed by atoms with Crippen molar-refractivity contribution in [2.45, 2.75) is 25.7 Å². The molecule has 0 aromatic rings. The third kappa shape index (κ3) is 2.10. The number of nitrogens with one attached hydrogen (secondary N) is 1. The van der Waals surface area contributed by atoms with Gasteiger partial charge in [0.25, 0.3) is 0 Å². The van der Waals surface area contributed by atoms with Crippen LogP contribution >= 0.6 is 0 Å². The highest BCUT2D eigenvalue weighted by atomic mass is 15.5. The van der Waals surface area contributed by atoms with Crippen LogP contribution < -0.4 is 5.43 Å². The summed E-state index contributed by atoms with van der Waals surface area (Å²) in [5.74, 6) is 0. The van der Waals surface area contributed by atoms with Gasteiger partial charge in [-0.3, -0.25) is 5.43 Å². The minimum atomic E-state index is 0.694. The van der Waals surface area contributed by atoms with Gasteiger partial charge < -0.3 is 4.90 Å². The molecule has 2 heterocycles. The molecule has 2 aliphatic heterocycles. The maximum Gasteiger partial charge on any atom is 0.0136 e. The molecule has 0 aromatic carbocycles. The molecule has 1 spiro atoms. The van der Waals surface area contributed by atoms with Gasteiger partial charge in [-0.25, -0.2) is 5.01 Å². The van der Waals surface area contributed by atoms with Crippen LogP contribution in [0.1, 0.15) is 25.7 Å². The molecule has 0 atom stereocenters. The first kappa shape index (κ1) is 10.4. The van der Waals surface area contributed by atoms with Gasteiger partial charge in [-0.15, -0.1) is 0 Å². The van der Waals surface area contributed by atoms with E-state index in [-0.39, 0.29) is 0 Å². The minimum Gasteiger partial charge on any atom is -0.306 e. The number of hydrogen-bond donors (Lipinski definition) is 1. The van der Waals surface area contributed by atoms with Crippen molar-refractivity contribution in [1.82, 2.24) is 15.3 Å². The zero-order valence-electron chi connectivity index (χ0n) is 9.55. The van der Waals surface area contributed by atoms with Gasteiger partial charge in [-0.1, -0.05) is 0 Å². The summed E-state index contributed by atoms with van der Waals surface area (Å²) in [4.78, 5) is 2.47. The number of hydrogen-bond acceptors (Lipinski definition) is 3. The molecule has 3 heteroatoms. The molecule has 2 fully saturated rings. The van der Waals surface area contributed by atoms with Gasteiger partial charge in [0.05, 0.1) is 0 Å². The molecule has 14 heavy (non-hydrogen) atoms.